The van der Waals surface area contributed by atoms with Crippen LogP contribution in [0.1, 0.15) is 25.3 Å². The fourth-order valence-electron chi connectivity index (χ4n) is 2.72. The van der Waals surface area contributed by atoms with Gasteiger partial charge in [0.15, 0.2) is 0 Å². The summed E-state index contributed by atoms with van der Waals surface area (Å²) in [4.78, 5) is 14.2. The number of rotatable bonds is 6. The Balaban J connectivity index is 1.68. The van der Waals surface area contributed by atoms with Gasteiger partial charge in [-0.1, -0.05) is 36.7 Å². The summed E-state index contributed by atoms with van der Waals surface area (Å²) >= 11 is 6.04. The fourth-order valence-corrected chi connectivity index (χ4v) is 2.92. The maximum Gasteiger partial charge on any atom is 0.224 e. The Kier molecular flexibility index (Phi) is 6.68. The number of aliphatic hydroxyl groups excluding tert-OH is 1. The third-order valence-electron chi connectivity index (χ3n) is 4.19. The molecule has 22 heavy (non-hydrogen) atoms. The highest BCUT2D eigenvalue weighted by atomic mass is 35.5. The number of carbonyl (C=O) groups excluding carboxylic acids is 1. The monoisotopic (exact) mass is 324 g/mol. The number of nitrogens with one attached hydrogen (secondary N) is 1. The summed E-state index contributed by atoms with van der Waals surface area (Å²) in [5.41, 5.74) is 0.807. The molecule has 1 atom stereocenters. The maximum atomic E-state index is 11.9. The molecule has 1 aliphatic rings. The molecule has 1 unspecified atom stereocenters. The molecule has 2 N–H and O–H groups in total. The number of likely N-dealkylation sites (tertiary alicyclic amines) is 1. The van der Waals surface area contributed by atoms with Gasteiger partial charge in [0, 0.05) is 18.1 Å². The highest BCUT2D eigenvalue weighted by molar-refractivity contribution is 6.31. The van der Waals surface area contributed by atoms with Crippen LogP contribution >= 0.6 is 11.6 Å². The Hall–Kier alpha value is -1.10. The molecule has 4 nitrogen and oxygen atoms in total. The van der Waals surface area contributed by atoms with E-state index in [2.05, 4.69) is 17.1 Å². The van der Waals surface area contributed by atoms with E-state index in [1.165, 1.54) is 12.8 Å². The van der Waals surface area contributed by atoms with E-state index in [0.717, 1.165) is 24.6 Å². The van der Waals surface area contributed by atoms with Gasteiger partial charge in [0.05, 0.1) is 12.5 Å². The number of carbonyl (C=O) groups is 1. The number of benzene rings is 1. The molecule has 0 spiro atoms. The van der Waals surface area contributed by atoms with Crippen LogP contribution < -0.4 is 5.32 Å². The van der Waals surface area contributed by atoms with Crippen molar-refractivity contribution >= 4 is 17.5 Å². The van der Waals surface area contributed by atoms with Crippen molar-refractivity contribution in [1.29, 1.82) is 0 Å². The first-order valence-corrected chi connectivity index (χ1v) is 8.33. The molecule has 1 aromatic rings. The Morgan fingerprint density at radius 1 is 1.41 bits per heavy atom. The summed E-state index contributed by atoms with van der Waals surface area (Å²) in [5.74, 6) is 0.670. The van der Waals surface area contributed by atoms with Gasteiger partial charge in [-0.2, -0.15) is 0 Å². The molecule has 0 aliphatic carbocycles. The van der Waals surface area contributed by atoms with Gasteiger partial charge in [0.1, 0.15) is 0 Å². The number of hydrogen-bond acceptors (Lipinski definition) is 3. The predicted octanol–water partition coefficient (Wildman–Crippen LogP) is 2.09. The van der Waals surface area contributed by atoms with Crippen molar-refractivity contribution in [2.45, 2.75) is 32.3 Å². The van der Waals surface area contributed by atoms with Crippen LogP contribution in [0, 0.1) is 5.92 Å². The van der Waals surface area contributed by atoms with Crippen molar-refractivity contribution in [1.82, 2.24) is 10.2 Å². The van der Waals surface area contributed by atoms with E-state index in [4.69, 9.17) is 11.6 Å². The molecule has 1 heterocycles. The van der Waals surface area contributed by atoms with E-state index in [1.807, 2.05) is 18.2 Å². The molecule has 1 saturated heterocycles. The second-order valence-corrected chi connectivity index (χ2v) is 6.62. The number of halogens is 1. The van der Waals surface area contributed by atoms with E-state index in [1.54, 1.807) is 6.07 Å². The molecule has 1 amide bonds. The second kappa shape index (κ2) is 8.51. The second-order valence-electron chi connectivity index (χ2n) is 6.21. The lowest BCUT2D eigenvalue weighted by Crippen LogP contribution is -2.43. The van der Waals surface area contributed by atoms with Crippen molar-refractivity contribution < 1.29 is 9.90 Å². The van der Waals surface area contributed by atoms with Crippen LogP contribution in [0.3, 0.4) is 0 Å². The summed E-state index contributed by atoms with van der Waals surface area (Å²) in [7, 11) is 0. The molecule has 0 aromatic heterocycles. The van der Waals surface area contributed by atoms with Crippen LogP contribution in [-0.4, -0.2) is 48.2 Å². The van der Waals surface area contributed by atoms with Crippen LogP contribution in [0.2, 0.25) is 5.02 Å². The zero-order valence-electron chi connectivity index (χ0n) is 13.1. The van der Waals surface area contributed by atoms with Crippen LogP contribution in [0.15, 0.2) is 24.3 Å². The van der Waals surface area contributed by atoms with Crippen molar-refractivity contribution in [3.8, 4) is 0 Å². The van der Waals surface area contributed by atoms with Crippen molar-refractivity contribution in [2.24, 2.45) is 5.92 Å². The lowest BCUT2D eigenvalue weighted by atomic mass is 9.99. The summed E-state index contributed by atoms with van der Waals surface area (Å²) in [6, 6.07) is 7.32. The lowest BCUT2D eigenvalue weighted by Gasteiger charge is -2.31. The lowest BCUT2D eigenvalue weighted by molar-refractivity contribution is -0.121. The molecule has 1 fully saturated rings. The number of hydrogen-bond donors (Lipinski definition) is 2. The Morgan fingerprint density at radius 3 is 2.77 bits per heavy atom. The smallest absolute Gasteiger partial charge is 0.224 e. The standard InChI is InChI=1S/C17H25ClN2O2/c1-13-6-8-20(9-7-13)12-15(21)11-19-17(22)10-14-4-2-3-5-16(14)18/h2-5,13,15,21H,6-12H2,1H3,(H,19,22). The molecular weight excluding hydrogens is 300 g/mol. The third kappa shape index (κ3) is 5.59. The average molecular weight is 325 g/mol. The normalized spacial score (nSPS) is 18.1. The topological polar surface area (TPSA) is 52.6 Å². The van der Waals surface area contributed by atoms with Crippen molar-refractivity contribution in [3.05, 3.63) is 34.9 Å². The summed E-state index contributed by atoms with van der Waals surface area (Å²) in [6.45, 7) is 5.24. The van der Waals surface area contributed by atoms with Crippen LogP contribution in [0.4, 0.5) is 0 Å². The minimum atomic E-state index is -0.524. The minimum absolute atomic E-state index is 0.112. The number of β-amino-alcohol motifs (C(OH)–C–C–N with tert-alkyl or cyclic N) is 1. The number of piperidine rings is 1. The molecule has 122 valence electrons. The van der Waals surface area contributed by atoms with E-state index in [0.29, 0.717) is 11.6 Å². The molecule has 5 heteroatoms. The molecule has 1 aromatic carbocycles. The molecule has 2 rings (SSSR count). The first kappa shape index (κ1) is 17.3. The van der Waals surface area contributed by atoms with Gasteiger partial charge in [0.25, 0.3) is 0 Å². The molecule has 0 saturated carbocycles. The number of aliphatic hydroxyl groups is 1. The van der Waals surface area contributed by atoms with Crippen LogP contribution in [0.5, 0.6) is 0 Å². The van der Waals surface area contributed by atoms with Crippen LogP contribution in [0.25, 0.3) is 0 Å². The average Bonchev–Trinajstić information content (AvgIpc) is 2.50. The maximum absolute atomic E-state index is 11.9. The first-order valence-electron chi connectivity index (χ1n) is 7.95. The first-order chi connectivity index (χ1) is 10.5. The highest BCUT2D eigenvalue weighted by Crippen LogP contribution is 2.16. The zero-order valence-corrected chi connectivity index (χ0v) is 13.9. The summed E-state index contributed by atoms with van der Waals surface area (Å²) < 4.78 is 0. The minimum Gasteiger partial charge on any atom is -0.390 e. The van der Waals surface area contributed by atoms with Crippen LogP contribution in [-0.2, 0) is 11.2 Å². The van der Waals surface area contributed by atoms with Gasteiger partial charge < -0.3 is 15.3 Å². The zero-order chi connectivity index (χ0) is 15.9. The van der Waals surface area contributed by atoms with Gasteiger partial charge in [-0.15, -0.1) is 0 Å². The SMILES string of the molecule is CC1CCN(CC(O)CNC(=O)Cc2ccccc2Cl)CC1. The van der Waals surface area contributed by atoms with Gasteiger partial charge in [-0.3, -0.25) is 4.79 Å². The highest BCUT2D eigenvalue weighted by Gasteiger charge is 2.18. The van der Waals surface area contributed by atoms with Crippen molar-refractivity contribution in [2.75, 3.05) is 26.2 Å². The molecule has 0 bridgehead atoms. The summed E-state index contributed by atoms with van der Waals surface area (Å²) in [6.07, 6.45) is 2.09. The number of amides is 1. The Morgan fingerprint density at radius 2 is 2.09 bits per heavy atom. The molecule has 1 aliphatic heterocycles. The Labute approximate surface area is 137 Å². The molecular formula is C17H25ClN2O2. The van der Waals surface area contributed by atoms with Crippen molar-refractivity contribution in [3.63, 3.8) is 0 Å². The van der Waals surface area contributed by atoms with Gasteiger partial charge in [-0.05, 0) is 43.5 Å². The van der Waals surface area contributed by atoms with E-state index in [9.17, 15) is 9.90 Å². The molecule has 0 radical (unpaired) electrons. The van der Waals surface area contributed by atoms with Gasteiger partial charge in [0.2, 0.25) is 5.91 Å². The van der Waals surface area contributed by atoms with E-state index in [-0.39, 0.29) is 18.9 Å². The largest absolute Gasteiger partial charge is 0.390 e. The number of nitrogens with zero attached hydrogens (tertiary/aromatic N) is 1. The van der Waals surface area contributed by atoms with E-state index < -0.39 is 6.10 Å². The third-order valence-corrected chi connectivity index (χ3v) is 4.56. The van der Waals surface area contributed by atoms with E-state index >= 15 is 0 Å². The van der Waals surface area contributed by atoms with Gasteiger partial charge >= 0.3 is 0 Å². The summed E-state index contributed by atoms with van der Waals surface area (Å²) in [5, 5.41) is 13.4. The Bertz CT molecular complexity index is 487. The predicted molar refractivity (Wildman–Crippen MR) is 89.0 cm³/mol. The van der Waals surface area contributed by atoms with Gasteiger partial charge in [-0.25, -0.2) is 0 Å². The quantitative estimate of drug-likeness (QED) is 0.842. The fraction of sp³-hybridized carbons (Fsp3) is 0.588.